The second-order valence-corrected chi connectivity index (χ2v) is 9.59. The minimum atomic E-state index is -3.52. The van der Waals surface area contributed by atoms with Gasteiger partial charge in [0.25, 0.3) is 0 Å². The van der Waals surface area contributed by atoms with Gasteiger partial charge in [-0.05, 0) is 42.0 Å². The van der Waals surface area contributed by atoms with Crippen molar-refractivity contribution in [2.75, 3.05) is 26.2 Å². The first-order valence-corrected chi connectivity index (χ1v) is 11.8. The first-order valence-electron chi connectivity index (χ1n) is 10.3. The van der Waals surface area contributed by atoms with Gasteiger partial charge in [0.1, 0.15) is 0 Å². The van der Waals surface area contributed by atoms with Crippen LogP contribution in [0.1, 0.15) is 43.7 Å². The number of rotatable bonds is 7. The maximum Gasteiger partial charge on any atom is 0.243 e. The highest BCUT2D eigenvalue weighted by Crippen LogP contribution is 2.23. The summed E-state index contributed by atoms with van der Waals surface area (Å²) in [4.78, 5) is 14.6. The van der Waals surface area contributed by atoms with Crippen molar-refractivity contribution >= 4 is 15.9 Å². The van der Waals surface area contributed by atoms with E-state index in [-0.39, 0.29) is 5.91 Å². The van der Waals surface area contributed by atoms with Gasteiger partial charge in [-0.3, -0.25) is 4.79 Å². The Bertz CT molecular complexity index is 903. The molecule has 1 saturated heterocycles. The molecule has 2 aromatic carbocycles. The predicted octanol–water partition coefficient (Wildman–Crippen LogP) is 3.67. The van der Waals surface area contributed by atoms with Crippen LogP contribution in [-0.4, -0.2) is 49.7 Å². The molecule has 0 N–H and O–H groups in total. The molecule has 0 radical (unpaired) electrons. The van der Waals surface area contributed by atoms with E-state index in [1.165, 1.54) is 4.31 Å². The van der Waals surface area contributed by atoms with Crippen molar-refractivity contribution in [2.45, 2.75) is 43.9 Å². The number of piperazine rings is 1. The number of amides is 1. The van der Waals surface area contributed by atoms with E-state index in [0.717, 1.165) is 17.5 Å². The molecule has 0 spiro atoms. The van der Waals surface area contributed by atoms with Gasteiger partial charge in [-0.25, -0.2) is 8.42 Å². The van der Waals surface area contributed by atoms with Crippen molar-refractivity contribution in [3.63, 3.8) is 0 Å². The third kappa shape index (κ3) is 5.25. The molecule has 6 heteroatoms. The molecule has 1 fully saturated rings. The SMILES string of the molecule is CCC(C)c1ccc(S(=O)(=O)N2CCN(C(=O)CCc3ccccc3)CC2)cc1. The third-order valence-electron chi connectivity index (χ3n) is 5.76. The number of hydrogen-bond donors (Lipinski definition) is 0. The highest BCUT2D eigenvalue weighted by atomic mass is 32.2. The zero-order chi connectivity index (χ0) is 20.9. The van der Waals surface area contributed by atoms with Gasteiger partial charge in [0, 0.05) is 32.6 Å². The normalized spacial score (nSPS) is 16.6. The molecule has 2 aromatic rings. The van der Waals surface area contributed by atoms with Crippen LogP contribution in [0.25, 0.3) is 0 Å². The summed E-state index contributed by atoms with van der Waals surface area (Å²) >= 11 is 0. The lowest BCUT2D eigenvalue weighted by Crippen LogP contribution is -2.50. The lowest BCUT2D eigenvalue weighted by molar-refractivity contribution is -0.132. The van der Waals surface area contributed by atoms with Gasteiger partial charge >= 0.3 is 0 Å². The molecule has 0 bridgehead atoms. The van der Waals surface area contributed by atoms with E-state index in [0.29, 0.717) is 49.8 Å². The lowest BCUT2D eigenvalue weighted by Gasteiger charge is -2.34. The Hall–Kier alpha value is -2.18. The van der Waals surface area contributed by atoms with Crippen molar-refractivity contribution in [3.8, 4) is 0 Å². The number of carbonyl (C=O) groups is 1. The number of carbonyl (C=O) groups excluding carboxylic acids is 1. The van der Waals surface area contributed by atoms with E-state index in [9.17, 15) is 13.2 Å². The van der Waals surface area contributed by atoms with Gasteiger partial charge in [-0.15, -0.1) is 0 Å². The summed E-state index contributed by atoms with van der Waals surface area (Å²) in [5, 5.41) is 0. The van der Waals surface area contributed by atoms with E-state index in [1.807, 2.05) is 42.5 Å². The van der Waals surface area contributed by atoms with E-state index in [4.69, 9.17) is 0 Å². The summed E-state index contributed by atoms with van der Waals surface area (Å²) in [5.41, 5.74) is 2.29. The molecule has 1 amide bonds. The van der Waals surface area contributed by atoms with Gasteiger partial charge < -0.3 is 4.90 Å². The van der Waals surface area contributed by atoms with Crippen molar-refractivity contribution in [2.24, 2.45) is 0 Å². The second-order valence-electron chi connectivity index (χ2n) is 7.65. The molecule has 1 aliphatic heterocycles. The zero-order valence-corrected chi connectivity index (χ0v) is 18.1. The first kappa shape index (κ1) is 21.5. The van der Waals surface area contributed by atoms with E-state index >= 15 is 0 Å². The van der Waals surface area contributed by atoms with Crippen LogP contribution in [0.5, 0.6) is 0 Å². The van der Waals surface area contributed by atoms with Crippen LogP contribution >= 0.6 is 0 Å². The average molecular weight is 415 g/mol. The second kappa shape index (κ2) is 9.55. The fourth-order valence-electron chi connectivity index (χ4n) is 3.59. The smallest absolute Gasteiger partial charge is 0.243 e. The number of sulfonamides is 1. The average Bonchev–Trinajstić information content (AvgIpc) is 2.77. The Morgan fingerprint density at radius 2 is 1.59 bits per heavy atom. The lowest BCUT2D eigenvalue weighted by atomic mass is 9.99. The first-order chi connectivity index (χ1) is 13.9. The third-order valence-corrected chi connectivity index (χ3v) is 7.67. The fourth-order valence-corrected chi connectivity index (χ4v) is 5.01. The van der Waals surface area contributed by atoms with Crippen LogP contribution in [0, 0.1) is 0 Å². The van der Waals surface area contributed by atoms with Crippen molar-refractivity contribution < 1.29 is 13.2 Å². The highest BCUT2D eigenvalue weighted by Gasteiger charge is 2.30. The number of hydrogen-bond acceptors (Lipinski definition) is 3. The van der Waals surface area contributed by atoms with Gasteiger partial charge in [0.2, 0.25) is 15.9 Å². The van der Waals surface area contributed by atoms with Gasteiger partial charge in [0.15, 0.2) is 0 Å². The maximum atomic E-state index is 12.9. The molecule has 0 aromatic heterocycles. The molecule has 3 rings (SSSR count). The standard InChI is InChI=1S/C23H30N2O3S/c1-3-19(2)21-10-12-22(13-11-21)29(27,28)25-17-15-24(16-18-25)23(26)14-9-20-7-5-4-6-8-20/h4-8,10-13,19H,3,9,14-18H2,1-2H3. The van der Waals surface area contributed by atoms with Crippen LogP contribution < -0.4 is 0 Å². The van der Waals surface area contributed by atoms with Crippen LogP contribution in [0.4, 0.5) is 0 Å². The van der Waals surface area contributed by atoms with E-state index in [2.05, 4.69) is 13.8 Å². The van der Waals surface area contributed by atoms with E-state index in [1.54, 1.807) is 17.0 Å². The summed E-state index contributed by atoms with van der Waals surface area (Å²) in [6, 6.07) is 17.2. The Morgan fingerprint density at radius 1 is 0.966 bits per heavy atom. The highest BCUT2D eigenvalue weighted by molar-refractivity contribution is 7.89. The summed E-state index contributed by atoms with van der Waals surface area (Å²) in [6.45, 7) is 5.82. The van der Waals surface area contributed by atoms with Crippen LogP contribution in [0.3, 0.4) is 0 Å². The van der Waals surface area contributed by atoms with Crippen molar-refractivity contribution in [1.82, 2.24) is 9.21 Å². The van der Waals surface area contributed by atoms with Crippen LogP contribution in [0.15, 0.2) is 59.5 Å². The Labute approximate surface area is 174 Å². The largest absolute Gasteiger partial charge is 0.340 e. The monoisotopic (exact) mass is 414 g/mol. The Morgan fingerprint density at radius 3 is 2.17 bits per heavy atom. The number of nitrogens with zero attached hydrogens (tertiary/aromatic N) is 2. The molecule has 29 heavy (non-hydrogen) atoms. The van der Waals surface area contributed by atoms with Crippen molar-refractivity contribution in [1.29, 1.82) is 0 Å². The molecular weight excluding hydrogens is 384 g/mol. The predicted molar refractivity (Wildman–Crippen MR) is 115 cm³/mol. The summed E-state index contributed by atoms with van der Waals surface area (Å²) in [5.74, 6) is 0.501. The quantitative estimate of drug-likeness (QED) is 0.695. The molecule has 1 unspecified atom stereocenters. The van der Waals surface area contributed by atoms with Gasteiger partial charge in [0.05, 0.1) is 4.90 Å². The number of aryl methyl sites for hydroxylation is 1. The van der Waals surface area contributed by atoms with Gasteiger partial charge in [-0.1, -0.05) is 56.3 Å². The summed E-state index contributed by atoms with van der Waals surface area (Å²) in [6.07, 6.45) is 2.18. The summed E-state index contributed by atoms with van der Waals surface area (Å²) < 4.78 is 27.4. The molecule has 1 heterocycles. The Kier molecular flexibility index (Phi) is 7.09. The van der Waals surface area contributed by atoms with Crippen LogP contribution in [-0.2, 0) is 21.2 Å². The summed E-state index contributed by atoms with van der Waals surface area (Å²) in [7, 11) is -3.52. The molecule has 1 atom stereocenters. The topological polar surface area (TPSA) is 57.7 Å². The van der Waals surface area contributed by atoms with E-state index < -0.39 is 10.0 Å². The molecule has 5 nitrogen and oxygen atoms in total. The molecule has 156 valence electrons. The molecular formula is C23H30N2O3S. The Balaban J connectivity index is 1.55. The minimum absolute atomic E-state index is 0.0869. The maximum absolute atomic E-state index is 12.9. The van der Waals surface area contributed by atoms with Crippen LogP contribution in [0.2, 0.25) is 0 Å². The van der Waals surface area contributed by atoms with Gasteiger partial charge in [-0.2, -0.15) is 4.31 Å². The molecule has 0 saturated carbocycles. The van der Waals surface area contributed by atoms with Crippen molar-refractivity contribution in [3.05, 3.63) is 65.7 Å². The fraction of sp³-hybridized carbons (Fsp3) is 0.435. The molecule has 1 aliphatic rings. The number of benzene rings is 2. The minimum Gasteiger partial charge on any atom is -0.340 e. The zero-order valence-electron chi connectivity index (χ0n) is 17.3. The molecule has 0 aliphatic carbocycles.